The number of rotatable bonds is 8. The molecule has 0 heterocycles. The van der Waals surface area contributed by atoms with E-state index in [0.29, 0.717) is 25.3 Å². The van der Waals surface area contributed by atoms with Crippen LogP contribution >= 0.6 is 23.2 Å². The standard InChI is InChI=1S/C13H20Cl2N2O3S/c1-9(2)20-6-4-3-5-17-21(18,19)13-11(14)7-10(16)8-12(13)15/h7-9,17H,3-6,16H2,1-2H3. The number of nitrogens with two attached hydrogens (primary N) is 1. The fourth-order valence-corrected chi connectivity index (χ4v) is 3.96. The first-order valence-corrected chi connectivity index (χ1v) is 8.83. The Morgan fingerprint density at radius 3 is 2.33 bits per heavy atom. The van der Waals surface area contributed by atoms with Crippen molar-refractivity contribution in [2.45, 2.75) is 37.7 Å². The van der Waals surface area contributed by atoms with Crippen molar-refractivity contribution in [3.63, 3.8) is 0 Å². The smallest absolute Gasteiger partial charge is 0.243 e. The summed E-state index contributed by atoms with van der Waals surface area (Å²) in [7, 11) is -3.75. The second-order valence-electron chi connectivity index (χ2n) is 4.84. The topological polar surface area (TPSA) is 81.4 Å². The van der Waals surface area contributed by atoms with E-state index < -0.39 is 10.0 Å². The molecule has 0 fully saturated rings. The van der Waals surface area contributed by atoms with Gasteiger partial charge in [-0.2, -0.15) is 0 Å². The first-order valence-electron chi connectivity index (χ1n) is 6.60. The maximum Gasteiger partial charge on any atom is 0.243 e. The molecule has 0 aromatic heterocycles. The summed E-state index contributed by atoms with van der Waals surface area (Å²) in [6, 6.07) is 2.72. The molecule has 1 rings (SSSR count). The number of sulfonamides is 1. The lowest BCUT2D eigenvalue weighted by molar-refractivity contribution is 0.0762. The van der Waals surface area contributed by atoms with Crippen molar-refractivity contribution < 1.29 is 13.2 Å². The molecule has 0 bridgehead atoms. The number of hydrogen-bond acceptors (Lipinski definition) is 4. The van der Waals surface area contributed by atoms with E-state index in [4.69, 9.17) is 33.7 Å². The first kappa shape index (κ1) is 18.5. The van der Waals surface area contributed by atoms with E-state index >= 15 is 0 Å². The van der Waals surface area contributed by atoms with Gasteiger partial charge in [0.15, 0.2) is 0 Å². The van der Waals surface area contributed by atoms with Crippen LogP contribution in [0.2, 0.25) is 10.0 Å². The quantitative estimate of drug-likeness (QED) is 0.555. The van der Waals surface area contributed by atoms with Crippen molar-refractivity contribution in [2.75, 3.05) is 18.9 Å². The Kier molecular flexibility index (Phi) is 7.23. The lowest BCUT2D eigenvalue weighted by Gasteiger charge is -2.11. The van der Waals surface area contributed by atoms with Crippen LogP contribution in [0.15, 0.2) is 17.0 Å². The Labute approximate surface area is 135 Å². The highest BCUT2D eigenvalue weighted by Gasteiger charge is 2.21. The first-order chi connectivity index (χ1) is 9.74. The minimum Gasteiger partial charge on any atom is -0.399 e. The van der Waals surface area contributed by atoms with Gasteiger partial charge in [0.1, 0.15) is 4.90 Å². The molecule has 0 atom stereocenters. The van der Waals surface area contributed by atoms with Crippen molar-refractivity contribution >= 4 is 38.9 Å². The fraction of sp³-hybridized carbons (Fsp3) is 0.538. The Bertz CT molecular complexity index is 554. The number of halogens is 2. The maximum atomic E-state index is 12.2. The highest BCUT2D eigenvalue weighted by molar-refractivity contribution is 7.89. The number of nitrogen functional groups attached to an aromatic ring is 1. The van der Waals surface area contributed by atoms with Crippen LogP contribution in [0.1, 0.15) is 26.7 Å². The molecule has 0 spiro atoms. The molecule has 120 valence electrons. The zero-order valence-corrected chi connectivity index (χ0v) is 14.4. The van der Waals surface area contributed by atoms with Crippen LogP contribution < -0.4 is 10.5 Å². The molecule has 1 aromatic rings. The number of nitrogens with one attached hydrogen (secondary N) is 1. The largest absolute Gasteiger partial charge is 0.399 e. The van der Waals surface area contributed by atoms with Crippen LogP contribution in [0.4, 0.5) is 5.69 Å². The maximum absolute atomic E-state index is 12.2. The Balaban J connectivity index is 2.59. The minimum absolute atomic E-state index is 0.00985. The number of unbranched alkanes of at least 4 members (excludes halogenated alkanes) is 1. The zero-order chi connectivity index (χ0) is 16.0. The van der Waals surface area contributed by atoms with Crippen molar-refractivity contribution in [2.24, 2.45) is 0 Å². The lowest BCUT2D eigenvalue weighted by Crippen LogP contribution is -2.25. The Morgan fingerprint density at radius 2 is 1.81 bits per heavy atom. The second-order valence-corrected chi connectivity index (χ2v) is 7.36. The Hall–Kier alpha value is -0.530. The molecule has 1 aromatic carbocycles. The van der Waals surface area contributed by atoms with E-state index in [-0.39, 0.29) is 21.0 Å². The van der Waals surface area contributed by atoms with Crippen LogP contribution in [0.25, 0.3) is 0 Å². The van der Waals surface area contributed by atoms with E-state index in [9.17, 15) is 8.42 Å². The zero-order valence-electron chi connectivity index (χ0n) is 12.0. The third-order valence-corrected chi connectivity index (χ3v) is 4.99. The average molecular weight is 355 g/mol. The molecule has 8 heteroatoms. The summed E-state index contributed by atoms with van der Waals surface area (Å²) in [6.45, 7) is 4.80. The van der Waals surface area contributed by atoms with E-state index in [1.54, 1.807) is 0 Å². The van der Waals surface area contributed by atoms with Gasteiger partial charge in [0.05, 0.1) is 16.1 Å². The Morgan fingerprint density at radius 1 is 1.24 bits per heavy atom. The van der Waals surface area contributed by atoms with Crippen molar-refractivity contribution in [3.05, 3.63) is 22.2 Å². The molecule has 3 N–H and O–H groups in total. The number of ether oxygens (including phenoxy) is 1. The van der Waals surface area contributed by atoms with Crippen LogP contribution in [0.5, 0.6) is 0 Å². The van der Waals surface area contributed by atoms with Gasteiger partial charge in [0.25, 0.3) is 0 Å². The number of anilines is 1. The summed E-state index contributed by atoms with van der Waals surface area (Å²) in [5, 5.41) is 0.0197. The normalized spacial score (nSPS) is 12.0. The molecule has 21 heavy (non-hydrogen) atoms. The summed E-state index contributed by atoms with van der Waals surface area (Å²) < 4.78 is 32.2. The molecule has 0 saturated carbocycles. The van der Waals surface area contributed by atoms with Gasteiger partial charge in [-0.3, -0.25) is 0 Å². The predicted molar refractivity (Wildman–Crippen MR) is 86.4 cm³/mol. The van der Waals surface area contributed by atoms with Crippen LogP contribution in [0.3, 0.4) is 0 Å². The van der Waals surface area contributed by atoms with Crippen molar-refractivity contribution in [1.29, 1.82) is 0 Å². The van der Waals surface area contributed by atoms with Gasteiger partial charge in [0.2, 0.25) is 10.0 Å². The molecule has 0 unspecified atom stereocenters. The number of hydrogen-bond donors (Lipinski definition) is 2. The van der Waals surface area contributed by atoms with E-state index in [2.05, 4.69) is 4.72 Å². The van der Waals surface area contributed by atoms with E-state index in [1.807, 2.05) is 13.8 Å². The van der Waals surface area contributed by atoms with E-state index in [0.717, 1.165) is 6.42 Å². The van der Waals surface area contributed by atoms with Gasteiger partial charge in [-0.25, -0.2) is 13.1 Å². The molecule has 5 nitrogen and oxygen atoms in total. The summed E-state index contributed by atoms with van der Waals surface area (Å²) in [6.07, 6.45) is 1.61. The SMILES string of the molecule is CC(C)OCCCCNS(=O)(=O)c1c(Cl)cc(N)cc1Cl. The van der Waals surface area contributed by atoms with Crippen LogP contribution in [-0.4, -0.2) is 27.7 Å². The third-order valence-electron chi connectivity index (χ3n) is 2.60. The molecule has 0 aliphatic heterocycles. The summed E-state index contributed by atoms with van der Waals surface area (Å²) in [4.78, 5) is -0.140. The summed E-state index contributed by atoms with van der Waals surface area (Å²) >= 11 is 11.8. The molecule has 0 saturated heterocycles. The number of benzene rings is 1. The molecular formula is C13H20Cl2N2O3S. The summed E-state index contributed by atoms with van der Waals surface area (Å²) in [5.74, 6) is 0. The minimum atomic E-state index is -3.75. The van der Waals surface area contributed by atoms with Crippen molar-refractivity contribution in [1.82, 2.24) is 4.72 Å². The van der Waals surface area contributed by atoms with Gasteiger partial charge < -0.3 is 10.5 Å². The van der Waals surface area contributed by atoms with Crippen LogP contribution in [0, 0.1) is 0 Å². The highest BCUT2D eigenvalue weighted by Crippen LogP contribution is 2.31. The third kappa shape index (κ3) is 6.00. The van der Waals surface area contributed by atoms with Gasteiger partial charge in [0, 0.05) is 18.8 Å². The molecule has 0 aliphatic carbocycles. The molecule has 0 amide bonds. The van der Waals surface area contributed by atoms with Gasteiger partial charge in [-0.15, -0.1) is 0 Å². The van der Waals surface area contributed by atoms with Crippen molar-refractivity contribution in [3.8, 4) is 0 Å². The monoisotopic (exact) mass is 354 g/mol. The van der Waals surface area contributed by atoms with Gasteiger partial charge >= 0.3 is 0 Å². The van der Waals surface area contributed by atoms with Crippen LogP contribution in [-0.2, 0) is 14.8 Å². The summed E-state index contributed by atoms with van der Waals surface area (Å²) in [5.41, 5.74) is 5.87. The highest BCUT2D eigenvalue weighted by atomic mass is 35.5. The molecular weight excluding hydrogens is 335 g/mol. The average Bonchev–Trinajstić information content (AvgIpc) is 2.31. The molecule has 0 radical (unpaired) electrons. The second kappa shape index (κ2) is 8.19. The predicted octanol–water partition coefficient (Wildman–Crippen LogP) is 3.06. The lowest BCUT2D eigenvalue weighted by atomic mass is 10.3. The van der Waals surface area contributed by atoms with Gasteiger partial charge in [-0.1, -0.05) is 23.2 Å². The molecule has 0 aliphatic rings. The van der Waals surface area contributed by atoms with E-state index in [1.165, 1.54) is 12.1 Å². The fourth-order valence-electron chi connectivity index (χ4n) is 1.66. The van der Waals surface area contributed by atoms with Gasteiger partial charge in [-0.05, 0) is 38.8 Å².